The Hall–Kier alpha value is -2.48. The van der Waals surface area contributed by atoms with Crippen LogP contribution in [0.4, 0.5) is 10.8 Å². The Kier molecular flexibility index (Phi) is 5.60. The second kappa shape index (κ2) is 8.06. The van der Waals surface area contributed by atoms with Crippen LogP contribution in [0, 0.1) is 0 Å². The number of aryl methyl sites for hydroxylation is 1. The fourth-order valence-electron chi connectivity index (χ4n) is 2.53. The Morgan fingerprint density at radius 3 is 3.04 bits per heavy atom. The van der Waals surface area contributed by atoms with Gasteiger partial charge in [-0.2, -0.15) is 0 Å². The molecule has 1 aromatic heterocycles. The number of amides is 2. The van der Waals surface area contributed by atoms with E-state index < -0.39 is 0 Å². The number of ether oxygens (including phenoxy) is 1. The van der Waals surface area contributed by atoms with Crippen LogP contribution in [-0.2, 0) is 16.0 Å². The van der Waals surface area contributed by atoms with Crippen LogP contribution >= 0.6 is 11.3 Å². The van der Waals surface area contributed by atoms with E-state index in [1.807, 2.05) is 12.1 Å². The number of anilines is 2. The molecule has 7 nitrogen and oxygen atoms in total. The van der Waals surface area contributed by atoms with Crippen molar-refractivity contribution in [1.29, 1.82) is 0 Å². The number of rotatable bonds is 6. The van der Waals surface area contributed by atoms with Gasteiger partial charge in [0.1, 0.15) is 17.3 Å². The van der Waals surface area contributed by atoms with E-state index in [1.54, 1.807) is 12.1 Å². The van der Waals surface area contributed by atoms with Gasteiger partial charge in [-0.05, 0) is 18.6 Å². The van der Waals surface area contributed by atoms with Crippen molar-refractivity contribution in [3.63, 3.8) is 0 Å². The third kappa shape index (κ3) is 4.33. The lowest BCUT2D eigenvalue weighted by Crippen LogP contribution is -2.37. The van der Waals surface area contributed by atoms with Crippen LogP contribution in [-0.4, -0.2) is 35.2 Å². The van der Waals surface area contributed by atoms with E-state index in [2.05, 4.69) is 22.4 Å². The Bertz CT molecular complexity index is 762. The molecule has 2 aromatic rings. The van der Waals surface area contributed by atoms with E-state index in [0.29, 0.717) is 23.2 Å². The standard InChI is InChI=1S/C17H20N4O3S/c1-2-3-8-15-19-20-17(25-15)18-14(22)11-21-12-6-4-5-7-13(12)24-10-9-16(21)23/h4-7H,2-3,8-11H2,1H3,(H,18,20,22). The first-order valence-electron chi connectivity index (χ1n) is 8.32. The predicted molar refractivity (Wildman–Crippen MR) is 96.1 cm³/mol. The maximum atomic E-state index is 12.4. The third-order valence-corrected chi connectivity index (χ3v) is 4.69. The molecule has 0 bridgehead atoms. The number of hydrogen-bond acceptors (Lipinski definition) is 6. The van der Waals surface area contributed by atoms with Crippen molar-refractivity contribution in [2.45, 2.75) is 32.6 Å². The molecule has 1 aliphatic rings. The molecule has 0 fully saturated rings. The Balaban J connectivity index is 1.67. The smallest absolute Gasteiger partial charge is 0.246 e. The maximum absolute atomic E-state index is 12.4. The van der Waals surface area contributed by atoms with Crippen molar-refractivity contribution in [2.24, 2.45) is 0 Å². The van der Waals surface area contributed by atoms with Crippen LogP contribution in [0.1, 0.15) is 31.2 Å². The zero-order chi connectivity index (χ0) is 17.6. The molecular weight excluding hydrogens is 340 g/mol. The molecule has 0 atom stereocenters. The molecule has 1 aliphatic heterocycles. The zero-order valence-corrected chi connectivity index (χ0v) is 14.8. The van der Waals surface area contributed by atoms with Gasteiger partial charge in [0.05, 0.1) is 18.7 Å². The minimum atomic E-state index is -0.303. The van der Waals surface area contributed by atoms with Crippen LogP contribution in [0.3, 0.4) is 0 Å². The lowest BCUT2D eigenvalue weighted by molar-refractivity contribution is -0.121. The van der Waals surface area contributed by atoms with Crippen molar-refractivity contribution in [1.82, 2.24) is 10.2 Å². The van der Waals surface area contributed by atoms with Crippen LogP contribution in [0.5, 0.6) is 5.75 Å². The van der Waals surface area contributed by atoms with Crippen molar-refractivity contribution in [2.75, 3.05) is 23.4 Å². The first-order valence-corrected chi connectivity index (χ1v) is 9.13. The topological polar surface area (TPSA) is 84.4 Å². The summed E-state index contributed by atoms with van der Waals surface area (Å²) in [5.41, 5.74) is 0.612. The van der Waals surface area contributed by atoms with Gasteiger partial charge in [-0.15, -0.1) is 10.2 Å². The Morgan fingerprint density at radius 1 is 1.36 bits per heavy atom. The summed E-state index contributed by atoms with van der Waals surface area (Å²) in [6, 6.07) is 7.23. The highest BCUT2D eigenvalue weighted by Gasteiger charge is 2.25. The molecule has 1 N–H and O–H groups in total. The first-order chi connectivity index (χ1) is 12.2. The molecular formula is C17H20N4O3S. The highest BCUT2D eigenvalue weighted by Crippen LogP contribution is 2.30. The van der Waals surface area contributed by atoms with E-state index in [4.69, 9.17) is 4.74 Å². The summed E-state index contributed by atoms with van der Waals surface area (Å²) in [6.45, 7) is 2.34. The number of benzene rings is 1. The quantitative estimate of drug-likeness (QED) is 0.856. The molecule has 132 valence electrons. The average molecular weight is 360 g/mol. The molecule has 0 saturated carbocycles. The predicted octanol–water partition coefficient (Wildman–Crippen LogP) is 2.63. The molecule has 3 rings (SSSR count). The number of nitrogens with one attached hydrogen (secondary N) is 1. The number of para-hydroxylation sites is 2. The summed E-state index contributed by atoms with van der Waals surface area (Å²) in [7, 11) is 0. The number of carbonyl (C=O) groups excluding carboxylic acids is 2. The second-order valence-electron chi connectivity index (χ2n) is 5.70. The van der Waals surface area contributed by atoms with Gasteiger partial charge < -0.3 is 4.74 Å². The summed E-state index contributed by atoms with van der Waals surface area (Å²) < 4.78 is 5.58. The van der Waals surface area contributed by atoms with Crippen molar-refractivity contribution >= 4 is 34.0 Å². The molecule has 0 aliphatic carbocycles. The van der Waals surface area contributed by atoms with E-state index >= 15 is 0 Å². The SMILES string of the molecule is CCCCc1nnc(NC(=O)CN2C(=O)CCOc3ccccc32)s1. The highest BCUT2D eigenvalue weighted by molar-refractivity contribution is 7.15. The number of aromatic nitrogens is 2. The maximum Gasteiger partial charge on any atom is 0.246 e. The summed E-state index contributed by atoms with van der Waals surface area (Å²) >= 11 is 1.37. The lowest BCUT2D eigenvalue weighted by atomic mass is 10.2. The van der Waals surface area contributed by atoms with E-state index in [1.165, 1.54) is 16.2 Å². The van der Waals surface area contributed by atoms with Gasteiger partial charge in [0.2, 0.25) is 16.9 Å². The van der Waals surface area contributed by atoms with Crippen LogP contribution in [0.25, 0.3) is 0 Å². The Morgan fingerprint density at radius 2 is 2.20 bits per heavy atom. The summed E-state index contributed by atoms with van der Waals surface area (Å²) in [5.74, 6) is 0.170. The number of unbranched alkanes of at least 4 members (excludes halogenated alkanes) is 1. The minimum absolute atomic E-state index is 0.0803. The van der Waals surface area contributed by atoms with Gasteiger partial charge in [0, 0.05) is 6.42 Å². The molecule has 0 unspecified atom stereocenters. The van der Waals surface area contributed by atoms with E-state index in [9.17, 15) is 9.59 Å². The van der Waals surface area contributed by atoms with Crippen molar-refractivity contribution in [3.8, 4) is 5.75 Å². The molecule has 8 heteroatoms. The minimum Gasteiger partial charge on any atom is -0.491 e. The molecule has 25 heavy (non-hydrogen) atoms. The Labute approximate surface area is 150 Å². The van der Waals surface area contributed by atoms with Crippen molar-refractivity contribution < 1.29 is 14.3 Å². The zero-order valence-electron chi connectivity index (χ0n) is 14.0. The van der Waals surface area contributed by atoms with Gasteiger partial charge >= 0.3 is 0 Å². The first kappa shape index (κ1) is 17.3. The van der Waals surface area contributed by atoms with E-state index in [-0.39, 0.29) is 24.8 Å². The molecule has 0 spiro atoms. The fourth-order valence-corrected chi connectivity index (χ4v) is 3.33. The van der Waals surface area contributed by atoms with Gasteiger partial charge in [-0.1, -0.05) is 36.8 Å². The van der Waals surface area contributed by atoms with Crippen LogP contribution < -0.4 is 15.0 Å². The number of hydrogen-bond donors (Lipinski definition) is 1. The van der Waals surface area contributed by atoms with E-state index in [0.717, 1.165) is 24.3 Å². The summed E-state index contributed by atoms with van der Waals surface area (Å²) in [4.78, 5) is 26.1. The van der Waals surface area contributed by atoms with Crippen LogP contribution in [0.15, 0.2) is 24.3 Å². The summed E-state index contributed by atoms with van der Waals surface area (Å²) in [5, 5.41) is 12.2. The largest absolute Gasteiger partial charge is 0.491 e. The normalized spacial score (nSPS) is 13.8. The molecule has 2 amide bonds. The van der Waals surface area contributed by atoms with Crippen LogP contribution in [0.2, 0.25) is 0 Å². The van der Waals surface area contributed by atoms with Gasteiger partial charge in [-0.25, -0.2) is 0 Å². The van der Waals surface area contributed by atoms with Gasteiger partial charge in [0.15, 0.2) is 0 Å². The molecule has 0 saturated heterocycles. The highest BCUT2D eigenvalue weighted by atomic mass is 32.1. The number of nitrogens with zero attached hydrogens (tertiary/aromatic N) is 3. The van der Waals surface area contributed by atoms with Gasteiger partial charge in [0.25, 0.3) is 0 Å². The average Bonchev–Trinajstić information content (AvgIpc) is 2.99. The van der Waals surface area contributed by atoms with Gasteiger partial charge in [-0.3, -0.25) is 19.8 Å². The number of carbonyl (C=O) groups is 2. The number of fused-ring (bicyclic) bond motifs is 1. The molecule has 0 radical (unpaired) electrons. The summed E-state index contributed by atoms with van der Waals surface area (Å²) in [6.07, 6.45) is 3.22. The van der Waals surface area contributed by atoms with Crippen molar-refractivity contribution in [3.05, 3.63) is 29.3 Å². The molecule has 2 heterocycles. The lowest BCUT2D eigenvalue weighted by Gasteiger charge is -2.20. The monoisotopic (exact) mass is 360 g/mol. The third-order valence-electron chi connectivity index (χ3n) is 3.79. The second-order valence-corrected chi connectivity index (χ2v) is 6.76. The fraction of sp³-hybridized carbons (Fsp3) is 0.412. The molecule has 1 aromatic carbocycles.